The van der Waals surface area contributed by atoms with Gasteiger partial charge in [0.2, 0.25) is 0 Å². The molecular formula is C11H18N2O2S. The van der Waals surface area contributed by atoms with E-state index in [1.54, 1.807) is 5.38 Å². The van der Waals surface area contributed by atoms with E-state index in [-0.39, 0.29) is 5.97 Å². The predicted octanol–water partition coefficient (Wildman–Crippen LogP) is 2.92. The Kier molecular flexibility index (Phi) is 5.25. The molecule has 0 saturated carbocycles. The molecule has 0 bridgehead atoms. The van der Waals surface area contributed by atoms with Gasteiger partial charge >= 0.3 is 5.97 Å². The molecule has 1 heterocycles. The minimum Gasteiger partial charge on any atom is -0.464 e. The number of thiazole rings is 1. The van der Waals surface area contributed by atoms with Crippen LogP contribution in [-0.4, -0.2) is 24.1 Å². The van der Waals surface area contributed by atoms with Crippen LogP contribution < -0.4 is 5.32 Å². The summed E-state index contributed by atoms with van der Waals surface area (Å²) in [4.78, 5) is 15.3. The van der Waals surface area contributed by atoms with Gasteiger partial charge in [0.25, 0.3) is 0 Å². The molecule has 0 saturated heterocycles. The maximum absolute atomic E-state index is 11.2. The Morgan fingerprint density at radius 2 is 2.44 bits per heavy atom. The van der Waals surface area contributed by atoms with E-state index in [0.29, 0.717) is 11.7 Å². The molecule has 0 aromatic carbocycles. The molecule has 1 rings (SSSR count). The number of ether oxygens (including phenoxy) is 1. The van der Waals surface area contributed by atoms with Crippen molar-refractivity contribution in [3.8, 4) is 0 Å². The molecule has 90 valence electrons. The molecule has 5 heteroatoms. The van der Waals surface area contributed by atoms with Crippen LogP contribution in [0.5, 0.6) is 0 Å². The first-order valence-corrected chi connectivity index (χ1v) is 6.35. The number of carbonyl (C=O) groups is 1. The van der Waals surface area contributed by atoms with Crippen LogP contribution in [0.1, 0.15) is 43.6 Å². The van der Waals surface area contributed by atoms with Crippen molar-refractivity contribution in [1.82, 2.24) is 4.98 Å². The summed E-state index contributed by atoms with van der Waals surface area (Å²) in [5.74, 6) is -0.384. The van der Waals surface area contributed by atoms with Crippen molar-refractivity contribution < 1.29 is 9.53 Å². The number of esters is 1. The van der Waals surface area contributed by atoms with Gasteiger partial charge in [-0.1, -0.05) is 19.8 Å². The lowest BCUT2D eigenvalue weighted by Crippen LogP contribution is -2.14. The van der Waals surface area contributed by atoms with Gasteiger partial charge in [-0.25, -0.2) is 9.78 Å². The van der Waals surface area contributed by atoms with E-state index in [0.717, 1.165) is 11.6 Å². The number of hydrogen-bond donors (Lipinski definition) is 1. The van der Waals surface area contributed by atoms with E-state index >= 15 is 0 Å². The summed E-state index contributed by atoms with van der Waals surface area (Å²) in [5.41, 5.74) is 0.373. The average Bonchev–Trinajstić information content (AvgIpc) is 2.73. The summed E-state index contributed by atoms with van der Waals surface area (Å²) >= 11 is 1.43. The Bertz CT molecular complexity index is 338. The number of unbranched alkanes of at least 4 members (excludes halogenated alkanes) is 1. The van der Waals surface area contributed by atoms with Crippen molar-refractivity contribution in [3.05, 3.63) is 11.1 Å². The lowest BCUT2D eigenvalue weighted by molar-refractivity contribution is 0.0595. The second-order valence-electron chi connectivity index (χ2n) is 3.72. The molecule has 1 unspecified atom stereocenters. The molecule has 1 N–H and O–H groups in total. The summed E-state index contributed by atoms with van der Waals surface area (Å²) < 4.78 is 4.60. The minimum atomic E-state index is -0.384. The molecule has 16 heavy (non-hydrogen) atoms. The number of carbonyl (C=O) groups excluding carboxylic acids is 1. The first kappa shape index (κ1) is 13.0. The van der Waals surface area contributed by atoms with Crippen molar-refractivity contribution >= 4 is 22.4 Å². The lowest BCUT2D eigenvalue weighted by Gasteiger charge is -2.11. The third-order valence-corrected chi connectivity index (χ3v) is 3.03. The van der Waals surface area contributed by atoms with E-state index in [1.807, 2.05) is 0 Å². The highest BCUT2D eigenvalue weighted by Crippen LogP contribution is 2.18. The van der Waals surface area contributed by atoms with Gasteiger partial charge < -0.3 is 10.1 Å². The van der Waals surface area contributed by atoms with E-state index < -0.39 is 0 Å². The molecule has 0 aliphatic heterocycles. The third-order valence-electron chi connectivity index (χ3n) is 2.26. The number of rotatable bonds is 6. The van der Waals surface area contributed by atoms with Crippen molar-refractivity contribution in [3.63, 3.8) is 0 Å². The van der Waals surface area contributed by atoms with Crippen LogP contribution in [0.25, 0.3) is 0 Å². The summed E-state index contributed by atoms with van der Waals surface area (Å²) in [6.45, 7) is 4.29. The van der Waals surface area contributed by atoms with Crippen molar-refractivity contribution in [2.24, 2.45) is 0 Å². The topological polar surface area (TPSA) is 51.2 Å². The number of nitrogens with one attached hydrogen (secondary N) is 1. The molecule has 0 fully saturated rings. The monoisotopic (exact) mass is 242 g/mol. The fraction of sp³-hybridized carbons (Fsp3) is 0.636. The zero-order valence-corrected chi connectivity index (χ0v) is 10.8. The predicted molar refractivity (Wildman–Crippen MR) is 66.1 cm³/mol. The molecule has 1 atom stereocenters. The maximum Gasteiger partial charge on any atom is 0.357 e. The van der Waals surface area contributed by atoms with Gasteiger partial charge in [-0.2, -0.15) is 0 Å². The molecule has 4 nitrogen and oxygen atoms in total. The fourth-order valence-electron chi connectivity index (χ4n) is 1.33. The van der Waals surface area contributed by atoms with Crippen molar-refractivity contribution in [2.75, 3.05) is 12.4 Å². The molecule has 0 aliphatic rings. The molecule has 1 aromatic rings. The van der Waals surface area contributed by atoms with Crippen LogP contribution in [0, 0.1) is 0 Å². The summed E-state index contributed by atoms with van der Waals surface area (Å²) in [6.07, 6.45) is 3.50. The number of hydrogen-bond acceptors (Lipinski definition) is 5. The van der Waals surface area contributed by atoms with E-state index in [9.17, 15) is 4.79 Å². The zero-order valence-electron chi connectivity index (χ0n) is 9.95. The Hall–Kier alpha value is -1.10. The van der Waals surface area contributed by atoms with Crippen LogP contribution in [0.2, 0.25) is 0 Å². The Labute approximate surface area is 100 Å². The molecule has 0 spiro atoms. The van der Waals surface area contributed by atoms with Crippen molar-refractivity contribution in [1.29, 1.82) is 0 Å². The van der Waals surface area contributed by atoms with Gasteiger partial charge in [0.15, 0.2) is 10.8 Å². The number of nitrogens with zero attached hydrogens (tertiary/aromatic N) is 1. The van der Waals surface area contributed by atoms with Gasteiger partial charge in [-0.05, 0) is 13.3 Å². The number of aromatic nitrogens is 1. The SMILES string of the molecule is CCCCC(C)Nc1nc(C(=O)OC)cs1. The average molecular weight is 242 g/mol. The van der Waals surface area contributed by atoms with E-state index in [1.165, 1.54) is 31.3 Å². The first-order valence-electron chi connectivity index (χ1n) is 5.47. The Balaban J connectivity index is 2.48. The van der Waals surface area contributed by atoms with Gasteiger partial charge in [0.05, 0.1) is 7.11 Å². The molecule has 0 amide bonds. The largest absolute Gasteiger partial charge is 0.464 e. The van der Waals surface area contributed by atoms with Gasteiger partial charge in [-0.15, -0.1) is 11.3 Å². The van der Waals surface area contributed by atoms with Crippen LogP contribution in [0.15, 0.2) is 5.38 Å². The fourth-order valence-corrected chi connectivity index (χ4v) is 2.12. The van der Waals surface area contributed by atoms with Crippen LogP contribution >= 0.6 is 11.3 Å². The number of anilines is 1. The zero-order chi connectivity index (χ0) is 12.0. The Morgan fingerprint density at radius 3 is 3.06 bits per heavy atom. The lowest BCUT2D eigenvalue weighted by atomic mass is 10.1. The second-order valence-corrected chi connectivity index (χ2v) is 4.58. The summed E-state index contributed by atoms with van der Waals surface area (Å²) in [7, 11) is 1.36. The van der Waals surface area contributed by atoms with Crippen LogP contribution in [-0.2, 0) is 4.74 Å². The maximum atomic E-state index is 11.2. The standard InChI is InChI=1S/C11H18N2O2S/c1-4-5-6-8(2)12-11-13-9(7-16-11)10(14)15-3/h7-8H,4-6H2,1-3H3,(H,12,13). The minimum absolute atomic E-state index is 0.373. The highest BCUT2D eigenvalue weighted by Gasteiger charge is 2.11. The normalized spacial score (nSPS) is 12.2. The highest BCUT2D eigenvalue weighted by molar-refractivity contribution is 7.13. The quantitative estimate of drug-likeness (QED) is 0.779. The molecule has 0 aliphatic carbocycles. The van der Waals surface area contributed by atoms with E-state index in [4.69, 9.17) is 0 Å². The number of methoxy groups -OCH3 is 1. The van der Waals surface area contributed by atoms with Gasteiger partial charge in [0, 0.05) is 11.4 Å². The molecule has 1 aromatic heterocycles. The summed E-state index contributed by atoms with van der Waals surface area (Å²) in [5, 5.41) is 5.77. The van der Waals surface area contributed by atoms with Crippen LogP contribution in [0.4, 0.5) is 5.13 Å². The second kappa shape index (κ2) is 6.48. The first-order chi connectivity index (χ1) is 7.67. The molecular weight excluding hydrogens is 224 g/mol. The third kappa shape index (κ3) is 3.81. The Morgan fingerprint density at radius 1 is 1.69 bits per heavy atom. The summed E-state index contributed by atoms with van der Waals surface area (Å²) in [6, 6.07) is 0.386. The van der Waals surface area contributed by atoms with Crippen molar-refractivity contribution in [2.45, 2.75) is 39.2 Å². The van der Waals surface area contributed by atoms with Crippen LogP contribution in [0.3, 0.4) is 0 Å². The smallest absolute Gasteiger partial charge is 0.357 e. The highest BCUT2D eigenvalue weighted by atomic mass is 32.1. The molecule has 0 radical (unpaired) electrons. The van der Waals surface area contributed by atoms with E-state index in [2.05, 4.69) is 28.9 Å². The van der Waals surface area contributed by atoms with Gasteiger partial charge in [0.1, 0.15) is 0 Å². The van der Waals surface area contributed by atoms with Gasteiger partial charge in [-0.3, -0.25) is 0 Å².